The van der Waals surface area contributed by atoms with Crippen molar-refractivity contribution in [3.63, 3.8) is 0 Å². The van der Waals surface area contributed by atoms with Gasteiger partial charge in [0.2, 0.25) is 5.91 Å². The van der Waals surface area contributed by atoms with Gasteiger partial charge in [0.15, 0.2) is 0 Å². The molecule has 0 spiro atoms. The summed E-state index contributed by atoms with van der Waals surface area (Å²) in [7, 11) is 1.30. The van der Waals surface area contributed by atoms with Crippen LogP contribution >= 0.6 is 11.3 Å². The second-order valence-electron chi connectivity index (χ2n) is 3.97. The molecular weight excluding hydrogens is 252 g/mol. The van der Waals surface area contributed by atoms with E-state index in [2.05, 4.69) is 10.1 Å². The topological polar surface area (TPSA) is 81.4 Å². The summed E-state index contributed by atoms with van der Waals surface area (Å²) in [5.74, 6) is -0.744. The van der Waals surface area contributed by atoms with E-state index in [0.717, 1.165) is 0 Å². The van der Waals surface area contributed by atoms with Crippen molar-refractivity contribution in [3.05, 3.63) is 16.3 Å². The molecule has 0 fully saturated rings. The molecule has 1 aromatic rings. The largest absolute Gasteiger partial charge is 0.465 e. The number of carbonyl (C=O) groups excluding carboxylic acids is 2. The van der Waals surface area contributed by atoms with Crippen LogP contribution in [-0.2, 0) is 9.53 Å². The Morgan fingerprint density at radius 2 is 2.06 bits per heavy atom. The number of hydrogen-bond donors (Lipinski definition) is 2. The molecular formula is C12H18N2O3S. The van der Waals surface area contributed by atoms with Crippen molar-refractivity contribution in [3.8, 4) is 0 Å². The third-order valence-corrected chi connectivity index (χ3v) is 3.89. The van der Waals surface area contributed by atoms with Crippen LogP contribution in [-0.4, -0.2) is 24.5 Å². The van der Waals surface area contributed by atoms with E-state index in [1.54, 1.807) is 11.4 Å². The summed E-state index contributed by atoms with van der Waals surface area (Å²) < 4.78 is 4.64. The highest BCUT2D eigenvalue weighted by molar-refractivity contribution is 7.12. The predicted octanol–water partition coefficient (Wildman–Crippen LogP) is 1.99. The highest BCUT2D eigenvalue weighted by Gasteiger charge is 2.31. The molecule has 1 heterocycles. The van der Waals surface area contributed by atoms with Crippen LogP contribution in [0.5, 0.6) is 0 Å². The lowest BCUT2D eigenvalue weighted by molar-refractivity contribution is -0.121. The van der Waals surface area contributed by atoms with Crippen molar-refractivity contribution in [2.24, 2.45) is 5.73 Å². The van der Waals surface area contributed by atoms with Gasteiger partial charge in [0.25, 0.3) is 0 Å². The lowest BCUT2D eigenvalue weighted by Crippen LogP contribution is -2.50. The van der Waals surface area contributed by atoms with Crippen LogP contribution in [0.4, 0.5) is 5.69 Å². The summed E-state index contributed by atoms with van der Waals surface area (Å²) in [5.41, 5.74) is 5.54. The van der Waals surface area contributed by atoms with Gasteiger partial charge in [0.1, 0.15) is 4.88 Å². The molecule has 3 N–H and O–H groups in total. The Balaban J connectivity index is 2.89. The minimum absolute atomic E-state index is 0.281. The van der Waals surface area contributed by atoms with Crippen LogP contribution in [0.3, 0.4) is 0 Å². The Kier molecular flexibility index (Phi) is 4.86. The maximum atomic E-state index is 12.1. The first-order valence-electron chi connectivity index (χ1n) is 5.74. The number of esters is 1. The fourth-order valence-electron chi connectivity index (χ4n) is 1.48. The lowest BCUT2D eigenvalue weighted by atomic mass is 9.93. The minimum atomic E-state index is -0.907. The maximum Gasteiger partial charge on any atom is 0.350 e. The van der Waals surface area contributed by atoms with E-state index < -0.39 is 11.5 Å². The Bertz CT molecular complexity index is 438. The maximum absolute atomic E-state index is 12.1. The Morgan fingerprint density at radius 3 is 2.56 bits per heavy atom. The van der Waals surface area contributed by atoms with Gasteiger partial charge in [0, 0.05) is 0 Å². The third kappa shape index (κ3) is 2.88. The van der Waals surface area contributed by atoms with Gasteiger partial charge in [0.05, 0.1) is 18.3 Å². The number of nitrogens with one attached hydrogen (secondary N) is 1. The average Bonchev–Trinajstić information content (AvgIpc) is 2.84. The van der Waals surface area contributed by atoms with Crippen molar-refractivity contribution in [1.82, 2.24) is 0 Å². The first kappa shape index (κ1) is 14.7. The molecule has 0 aliphatic rings. The molecule has 0 saturated heterocycles. The quantitative estimate of drug-likeness (QED) is 0.802. The highest BCUT2D eigenvalue weighted by Crippen LogP contribution is 2.24. The molecule has 0 aliphatic carbocycles. The second-order valence-corrected chi connectivity index (χ2v) is 4.89. The number of ether oxygens (including phenoxy) is 1. The van der Waals surface area contributed by atoms with E-state index in [4.69, 9.17) is 5.73 Å². The summed E-state index contributed by atoms with van der Waals surface area (Å²) in [4.78, 5) is 23.9. The fraction of sp³-hybridized carbons (Fsp3) is 0.500. The van der Waals surface area contributed by atoms with E-state index >= 15 is 0 Å². The van der Waals surface area contributed by atoms with Gasteiger partial charge in [-0.3, -0.25) is 4.79 Å². The molecule has 0 atom stereocenters. The van der Waals surface area contributed by atoms with Gasteiger partial charge < -0.3 is 15.8 Å². The fourth-order valence-corrected chi connectivity index (χ4v) is 2.24. The van der Waals surface area contributed by atoms with Crippen molar-refractivity contribution in [2.45, 2.75) is 32.2 Å². The summed E-state index contributed by atoms with van der Waals surface area (Å²) >= 11 is 1.22. The van der Waals surface area contributed by atoms with Gasteiger partial charge in [-0.15, -0.1) is 11.3 Å². The number of methoxy groups -OCH3 is 1. The smallest absolute Gasteiger partial charge is 0.350 e. The van der Waals surface area contributed by atoms with Crippen LogP contribution in [0.2, 0.25) is 0 Å². The number of anilines is 1. The van der Waals surface area contributed by atoms with Crippen molar-refractivity contribution < 1.29 is 14.3 Å². The van der Waals surface area contributed by atoms with Crippen molar-refractivity contribution >= 4 is 28.9 Å². The van der Waals surface area contributed by atoms with Crippen molar-refractivity contribution in [2.75, 3.05) is 12.4 Å². The Hall–Kier alpha value is -1.40. The van der Waals surface area contributed by atoms with Crippen LogP contribution in [0.15, 0.2) is 11.4 Å². The normalized spacial score (nSPS) is 11.1. The van der Waals surface area contributed by atoms with Gasteiger partial charge in [-0.1, -0.05) is 13.8 Å². The van der Waals surface area contributed by atoms with Crippen molar-refractivity contribution in [1.29, 1.82) is 0 Å². The molecule has 6 heteroatoms. The zero-order valence-corrected chi connectivity index (χ0v) is 11.6. The van der Waals surface area contributed by atoms with E-state index in [-0.39, 0.29) is 5.91 Å². The molecule has 0 saturated carbocycles. The summed E-state index contributed by atoms with van der Waals surface area (Å²) in [6.07, 6.45) is 1.07. The molecule has 0 aromatic carbocycles. The third-order valence-electron chi connectivity index (χ3n) is 3.00. The molecule has 5 nitrogen and oxygen atoms in total. The average molecular weight is 270 g/mol. The van der Waals surface area contributed by atoms with E-state index in [1.165, 1.54) is 18.4 Å². The SMILES string of the molecule is CCC(N)(CC)C(=O)Nc1ccsc1C(=O)OC. The molecule has 1 rings (SSSR count). The number of amides is 1. The number of rotatable bonds is 5. The van der Waals surface area contributed by atoms with E-state index in [1.807, 2.05) is 13.8 Å². The van der Waals surface area contributed by atoms with Gasteiger partial charge in [-0.05, 0) is 24.3 Å². The zero-order chi connectivity index (χ0) is 13.8. The molecule has 0 unspecified atom stereocenters. The van der Waals surface area contributed by atoms with E-state index in [0.29, 0.717) is 23.4 Å². The van der Waals surface area contributed by atoms with Crippen LogP contribution < -0.4 is 11.1 Å². The molecule has 1 amide bonds. The predicted molar refractivity (Wildman–Crippen MR) is 71.8 cm³/mol. The standard InChI is InChI=1S/C12H18N2O3S/c1-4-12(13,5-2)11(16)14-8-6-7-18-9(8)10(15)17-3/h6-7H,4-5,13H2,1-3H3,(H,14,16). The van der Waals surface area contributed by atoms with Crippen LogP contribution in [0.25, 0.3) is 0 Å². The second kappa shape index (κ2) is 5.97. The van der Waals surface area contributed by atoms with Gasteiger partial charge in [-0.25, -0.2) is 4.79 Å². The molecule has 0 aliphatic heterocycles. The van der Waals surface area contributed by atoms with Crippen LogP contribution in [0, 0.1) is 0 Å². The van der Waals surface area contributed by atoms with Gasteiger partial charge in [-0.2, -0.15) is 0 Å². The van der Waals surface area contributed by atoms with Gasteiger partial charge >= 0.3 is 5.97 Å². The number of nitrogens with two attached hydrogens (primary N) is 1. The molecule has 18 heavy (non-hydrogen) atoms. The summed E-state index contributed by atoms with van der Waals surface area (Å²) in [6.45, 7) is 3.72. The number of thiophene rings is 1. The highest BCUT2D eigenvalue weighted by atomic mass is 32.1. The molecule has 100 valence electrons. The number of carbonyl (C=O) groups is 2. The molecule has 0 bridgehead atoms. The first-order valence-corrected chi connectivity index (χ1v) is 6.62. The Morgan fingerprint density at radius 1 is 1.44 bits per heavy atom. The zero-order valence-electron chi connectivity index (χ0n) is 10.8. The monoisotopic (exact) mass is 270 g/mol. The number of hydrogen-bond acceptors (Lipinski definition) is 5. The lowest BCUT2D eigenvalue weighted by Gasteiger charge is -2.25. The minimum Gasteiger partial charge on any atom is -0.465 e. The molecule has 0 radical (unpaired) electrons. The molecule has 1 aromatic heterocycles. The summed E-state index contributed by atoms with van der Waals surface area (Å²) in [6, 6.07) is 1.67. The van der Waals surface area contributed by atoms with E-state index in [9.17, 15) is 9.59 Å². The Labute approximate surface area is 110 Å². The van der Waals surface area contributed by atoms with Crippen LogP contribution in [0.1, 0.15) is 36.4 Å². The summed E-state index contributed by atoms with van der Waals surface area (Å²) in [5, 5.41) is 4.41. The first-order chi connectivity index (χ1) is 8.48.